The van der Waals surface area contributed by atoms with E-state index in [1.807, 2.05) is 0 Å². The van der Waals surface area contributed by atoms with Crippen molar-refractivity contribution in [2.75, 3.05) is 0 Å². The zero-order valence-corrected chi connectivity index (χ0v) is 8.73. The SMILES string of the molecule is C1=C\CC/C=C\CC/1.[CH3-].[Pt+2]. The van der Waals surface area contributed by atoms with Gasteiger partial charge in [0.15, 0.2) is 0 Å². The maximum absolute atomic E-state index is 2.27. The van der Waals surface area contributed by atoms with Gasteiger partial charge in [-0.1, -0.05) is 24.3 Å². The van der Waals surface area contributed by atoms with Crippen LogP contribution in [-0.4, -0.2) is 0 Å². The van der Waals surface area contributed by atoms with Crippen molar-refractivity contribution in [1.82, 2.24) is 0 Å². The number of rotatable bonds is 0. The molecule has 0 bridgehead atoms. The summed E-state index contributed by atoms with van der Waals surface area (Å²) in [6.07, 6.45) is 14.0. The first-order chi connectivity index (χ1) is 4.00. The van der Waals surface area contributed by atoms with Crippen LogP contribution in [0.5, 0.6) is 0 Å². The second-order valence-corrected chi connectivity index (χ2v) is 2.10. The van der Waals surface area contributed by atoms with E-state index in [0.717, 1.165) is 0 Å². The molecular weight excluding hydrogens is 303 g/mol. The zero-order chi connectivity index (χ0) is 5.66. The van der Waals surface area contributed by atoms with Gasteiger partial charge in [0.1, 0.15) is 0 Å². The Labute approximate surface area is 78.7 Å². The molecule has 0 spiro atoms. The monoisotopic (exact) mass is 318 g/mol. The van der Waals surface area contributed by atoms with Crippen LogP contribution in [0.3, 0.4) is 0 Å². The third-order valence-electron chi connectivity index (χ3n) is 1.33. The fourth-order valence-corrected chi connectivity index (χ4v) is 0.856. The molecule has 0 radical (unpaired) electrons. The summed E-state index contributed by atoms with van der Waals surface area (Å²) in [5.74, 6) is 0. The minimum Gasteiger partial charge on any atom is -0.358 e. The van der Waals surface area contributed by atoms with Gasteiger partial charge in [-0.2, -0.15) is 0 Å². The van der Waals surface area contributed by atoms with Gasteiger partial charge in [-0.15, -0.1) is 0 Å². The Balaban J connectivity index is 0. The van der Waals surface area contributed by atoms with Gasteiger partial charge < -0.3 is 7.43 Å². The maximum atomic E-state index is 2.27. The molecule has 1 aliphatic rings. The first kappa shape index (κ1) is 12.8. The average molecular weight is 318 g/mol. The summed E-state index contributed by atoms with van der Waals surface area (Å²) in [5.41, 5.74) is 0. The van der Waals surface area contributed by atoms with Crippen molar-refractivity contribution in [1.29, 1.82) is 0 Å². The largest absolute Gasteiger partial charge is 2.00 e. The van der Waals surface area contributed by atoms with E-state index in [1.165, 1.54) is 25.7 Å². The molecule has 0 atom stereocenters. The van der Waals surface area contributed by atoms with Crippen LogP contribution >= 0.6 is 0 Å². The van der Waals surface area contributed by atoms with E-state index in [4.69, 9.17) is 0 Å². The summed E-state index contributed by atoms with van der Waals surface area (Å²) in [6.45, 7) is 0. The molecule has 0 heterocycles. The summed E-state index contributed by atoms with van der Waals surface area (Å²) >= 11 is 0. The quantitative estimate of drug-likeness (QED) is 0.475. The number of hydrogen-bond donors (Lipinski definition) is 0. The first-order valence-electron chi connectivity index (χ1n) is 3.30. The van der Waals surface area contributed by atoms with Crippen LogP contribution in [0.25, 0.3) is 0 Å². The predicted octanol–water partition coefficient (Wildman–Crippen LogP) is 3.12. The average Bonchev–Trinajstić information content (AvgIpc) is 1.62. The molecule has 0 aromatic rings. The molecule has 0 aromatic carbocycles. The zero-order valence-electron chi connectivity index (χ0n) is 6.45. The predicted molar refractivity (Wildman–Crippen MR) is 43.2 cm³/mol. The Morgan fingerprint density at radius 3 is 1.00 bits per heavy atom. The van der Waals surface area contributed by atoms with Crippen LogP contribution in [0.2, 0.25) is 0 Å². The third kappa shape index (κ3) is 6.29. The van der Waals surface area contributed by atoms with Crippen molar-refractivity contribution < 1.29 is 21.1 Å². The minimum absolute atomic E-state index is 0. The van der Waals surface area contributed by atoms with Gasteiger partial charge >= 0.3 is 21.1 Å². The molecule has 0 saturated heterocycles. The van der Waals surface area contributed by atoms with Gasteiger partial charge in [-0.3, -0.25) is 0 Å². The van der Waals surface area contributed by atoms with Gasteiger partial charge in [-0.25, -0.2) is 0 Å². The Kier molecular flexibility index (Phi) is 11.7. The van der Waals surface area contributed by atoms with Gasteiger partial charge in [-0.05, 0) is 25.7 Å². The second-order valence-electron chi connectivity index (χ2n) is 2.10. The van der Waals surface area contributed by atoms with Gasteiger partial charge in [0, 0.05) is 0 Å². The van der Waals surface area contributed by atoms with E-state index < -0.39 is 0 Å². The summed E-state index contributed by atoms with van der Waals surface area (Å²) in [5, 5.41) is 0. The van der Waals surface area contributed by atoms with E-state index >= 15 is 0 Å². The Bertz CT molecular complexity index is 77.3. The molecule has 0 saturated carbocycles. The molecule has 0 N–H and O–H groups in total. The van der Waals surface area contributed by atoms with Crippen molar-refractivity contribution in [3.05, 3.63) is 31.7 Å². The fraction of sp³-hybridized carbons (Fsp3) is 0.444. The first-order valence-corrected chi connectivity index (χ1v) is 3.30. The van der Waals surface area contributed by atoms with E-state index in [9.17, 15) is 0 Å². The molecule has 0 nitrogen and oxygen atoms in total. The number of allylic oxidation sites excluding steroid dienone is 4. The van der Waals surface area contributed by atoms with Crippen LogP contribution < -0.4 is 0 Å². The molecule has 1 aliphatic carbocycles. The van der Waals surface area contributed by atoms with Gasteiger partial charge in [0.2, 0.25) is 0 Å². The molecular formula is C9H15Pt+. The molecule has 0 aliphatic heterocycles. The topological polar surface area (TPSA) is 0 Å². The summed E-state index contributed by atoms with van der Waals surface area (Å²) in [6, 6.07) is 0. The second kappa shape index (κ2) is 9.17. The Hall–Kier alpha value is 0.168. The van der Waals surface area contributed by atoms with Gasteiger partial charge in [0.25, 0.3) is 0 Å². The normalized spacial score (nSPS) is 22.4. The van der Waals surface area contributed by atoms with E-state index in [2.05, 4.69) is 24.3 Å². The molecule has 0 amide bonds. The summed E-state index contributed by atoms with van der Waals surface area (Å²) in [4.78, 5) is 0. The Morgan fingerprint density at radius 1 is 0.600 bits per heavy atom. The van der Waals surface area contributed by atoms with Crippen LogP contribution in [0.4, 0.5) is 0 Å². The summed E-state index contributed by atoms with van der Waals surface area (Å²) in [7, 11) is 0. The molecule has 60 valence electrons. The molecule has 0 unspecified atom stereocenters. The van der Waals surface area contributed by atoms with Crippen LogP contribution in [-0.2, 0) is 21.1 Å². The number of hydrogen-bond acceptors (Lipinski definition) is 0. The maximum Gasteiger partial charge on any atom is 2.00 e. The van der Waals surface area contributed by atoms with Crippen molar-refractivity contribution in [2.24, 2.45) is 0 Å². The molecule has 1 heteroatoms. The smallest absolute Gasteiger partial charge is 0.358 e. The van der Waals surface area contributed by atoms with Crippen LogP contribution in [0, 0.1) is 7.43 Å². The van der Waals surface area contributed by atoms with E-state index in [-0.39, 0.29) is 28.5 Å². The molecule has 10 heavy (non-hydrogen) atoms. The van der Waals surface area contributed by atoms with Crippen molar-refractivity contribution in [3.63, 3.8) is 0 Å². The van der Waals surface area contributed by atoms with Gasteiger partial charge in [0.05, 0.1) is 0 Å². The van der Waals surface area contributed by atoms with E-state index in [0.29, 0.717) is 0 Å². The molecule has 1 rings (SSSR count). The summed E-state index contributed by atoms with van der Waals surface area (Å²) < 4.78 is 0. The van der Waals surface area contributed by atoms with Crippen LogP contribution in [0.1, 0.15) is 25.7 Å². The fourth-order valence-electron chi connectivity index (χ4n) is 0.856. The molecule has 0 aromatic heterocycles. The van der Waals surface area contributed by atoms with Crippen molar-refractivity contribution in [2.45, 2.75) is 25.7 Å². The standard InChI is InChI=1S/C8H12.CH3.Pt/c1-2-4-6-8-7-5-3-1;;/h1-2,7-8H,3-6H2;1H3;/q;-1;+2/b2-1-,8-7-;;. The van der Waals surface area contributed by atoms with Crippen LogP contribution in [0.15, 0.2) is 24.3 Å². The van der Waals surface area contributed by atoms with Crippen molar-refractivity contribution >= 4 is 0 Å². The minimum atomic E-state index is 0. The Morgan fingerprint density at radius 2 is 0.800 bits per heavy atom. The van der Waals surface area contributed by atoms with E-state index in [1.54, 1.807) is 0 Å². The third-order valence-corrected chi connectivity index (χ3v) is 1.33. The molecule has 0 fully saturated rings. The van der Waals surface area contributed by atoms with Crippen molar-refractivity contribution in [3.8, 4) is 0 Å².